The van der Waals surface area contributed by atoms with Crippen LogP contribution in [0.25, 0.3) is 0 Å². The van der Waals surface area contributed by atoms with Gasteiger partial charge in [-0.25, -0.2) is 8.78 Å². The van der Waals surface area contributed by atoms with Gasteiger partial charge in [0, 0.05) is 88.4 Å². The van der Waals surface area contributed by atoms with Crippen molar-refractivity contribution in [1.82, 2.24) is 60.0 Å². The fourth-order valence-corrected chi connectivity index (χ4v) is 14.5. The zero-order chi connectivity index (χ0) is 78.8. The number of ether oxygens (including phenoxy) is 1. The SMILES string of the molecule is CCO[C@@H]1C[C@H]2C(=O)NC3(CCC3)C(=O)N(C)[C@@H](C3CCCC3)C(=O)N(C)[C@H](C(=O)N(C)CC)CC(=O)N(C)[C@@H](C)C(=O)N[C@@H]([C@@H](C)CC)C(=O)N(C)CC(=O)N(C)[C@H]3C/C=C\CCN(C3=O)[C@@H](Cc3ccc(C(F)(F)F)cc3)C(=O)N(C)CC(=O)N[C@H](CCc3cc(F)c(C(F)(F)F)c(F)c3)C(=O)N2C1. The van der Waals surface area contributed by atoms with Crippen LogP contribution >= 0.6 is 0 Å². The molecule has 3 aliphatic heterocycles. The molecule has 0 radical (unpaired) electrons. The first kappa shape index (κ1) is 84.5. The Hall–Kier alpha value is -8.78. The summed E-state index contributed by atoms with van der Waals surface area (Å²) in [5.41, 5.74) is -5.25. The van der Waals surface area contributed by atoms with Crippen LogP contribution < -0.4 is 16.0 Å². The van der Waals surface area contributed by atoms with Crippen molar-refractivity contribution < 1.29 is 97.4 Å². The van der Waals surface area contributed by atoms with Crippen molar-refractivity contribution in [3.8, 4) is 0 Å². The maximum Gasteiger partial charge on any atom is 0.422 e. The second-order valence-electron chi connectivity index (χ2n) is 28.7. The van der Waals surface area contributed by atoms with Gasteiger partial charge in [-0.3, -0.25) is 57.5 Å². The third-order valence-corrected chi connectivity index (χ3v) is 21.6. The normalized spacial score (nSPS) is 26.3. The Bertz CT molecular complexity index is 3590. The van der Waals surface area contributed by atoms with E-state index in [1.165, 1.54) is 59.0 Å². The lowest BCUT2D eigenvalue weighted by Crippen LogP contribution is -2.68. The first-order chi connectivity index (χ1) is 49.7. The number of hydrogen-bond acceptors (Lipinski definition) is 13. The van der Waals surface area contributed by atoms with E-state index in [1.54, 1.807) is 39.8 Å². The minimum atomic E-state index is -5.46. The van der Waals surface area contributed by atoms with Crippen LogP contribution in [0, 0.1) is 23.5 Å². The molecule has 12 amide bonds. The number of likely N-dealkylation sites (N-methyl/N-ethyl adjacent to an activating group) is 7. The molecular formula is C73H100F8N12O13. The van der Waals surface area contributed by atoms with E-state index < -0.39 is 222 Å². The summed E-state index contributed by atoms with van der Waals surface area (Å²) in [7, 11) is 9.20. The molecule has 33 heteroatoms. The number of carbonyl (C=O) groups excluding carboxylic acids is 12. The highest BCUT2D eigenvalue weighted by molar-refractivity contribution is 6.01. The van der Waals surface area contributed by atoms with Gasteiger partial charge < -0.3 is 64.8 Å². The van der Waals surface area contributed by atoms with Gasteiger partial charge in [0.15, 0.2) is 0 Å². The van der Waals surface area contributed by atoms with Crippen molar-refractivity contribution in [2.45, 2.75) is 203 Å². The molecule has 2 saturated carbocycles. The number of rotatable bonds is 12. The van der Waals surface area contributed by atoms with Gasteiger partial charge in [0.25, 0.3) is 0 Å². The van der Waals surface area contributed by atoms with Gasteiger partial charge in [-0.1, -0.05) is 57.4 Å². The smallest absolute Gasteiger partial charge is 0.377 e. The van der Waals surface area contributed by atoms with Crippen molar-refractivity contribution in [1.29, 1.82) is 0 Å². The quantitative estimate of drug-likeness (QED) is 0.184. The van der Waals surface area contributed by atoms with Crippen molar-refractivity contribution in [2.75, 3.05) is 88.7 Å². The monoisotopic (exact) mass is 1500 g/mol. The Labute approximate surface area is 612 Å². The summed E-state index contributed by atoms with van der Waals surface area (Å²) in [6.45, 7) is 6.08. The molecular weight excluding hydrogens is 1400 g/mol. The van der Waals surface area contributed by atoms with Gasteiger partial charge >= 0.3 is 12.4 Å². The van der Waals surface area contributed by atoms with E-state index in [-0.39, 0.29) is 63.9 Å². The Morgan fingerprint density at radius 2 is 1.31 bits per heavy atom. The lowest BCUT2D eigenvalue weighted by atomic mass is 9.74. The average Bonchev–Trinajstić information content (AvgIpc) is 1.19. The molecule has 106 heavy (non-hydrogen) atoms. The lowest BCUT2D eigenvalue weighted by Gasteiger charge is -2.46. The molecule has 10 atom stereocenters. The molecule has 4 fully saturated rings. The van der Waals surface area contributed by atoms with Crippen LogP contribution in [0.5, 0.6) is 0 Å². The highest BCUT2D eigenvalue weighted by Crippen LogP contribution is 2.40. The van der Waals surface area contributed by atoms with E-state index in [0.717, 1.165) is 65.6 Å². The standard InChI is InChI=1S/C73H100F8N12O13/c1-13-42(4)60-68(103)87(8)41-58(96)89(10)52-24-17-16-20-33-92(67(52)102)55(36-44-25-28-47(29-26-44)72(76,77)78)66(101)86(7)40-56(94)82-51(30-27-45-34-49(74)59(50(75)35-45)73(79,80)81)64(99)93-39-48(106-15-3)37-53(93)63(98)84-71(31-21-32-71)70(105)91(12)61(46-22-18-19-23-46)69(104)90(11)54(65(100)85(6)14-2)38-57(95)88(9)43(5)62(97)83-60/h16-17,25-26,28-29,34-35,42-43,46,48,51-55,60-61H,13-15,18-24,27,30-33,36-41H2,1-12H3,(H,82,94)(H,83,97)(H,84,98)/b17-16-/t42-,43-,48+,51+,52-,53-,54-,55-,60-,61-/m0/s1. The molecule has 0 aromatic heterocycles. The van der Waals surface area contributed by atoms with Crippen LogP contribution in [0.1, 0.15) is 140 Å². The van der Waals surface area contributed by atoms with Crippen LogP contribution in [-0.4, -0.2) is 264 Å². The van der Waals surface area contributed by atoms with Crippen LogP contribution in [0.3, 0.4) is 0 Å². The number of amides is 12. The van der Waals surface area contributed by atoms with Gasteiger partial charge in [0.05, 0.1) is 31.2 Å². The summed E-state index contributed by atoms with van der Waals surface area (Å²) in [5.74, 6) is -15.2. The summed E-state index contributed by atoms with van der Waals surface area (Å²) in [4.78, 5) is 189. The number of carbonyl (C=O) groups is 12. The average molecular weight is 1510 g/mol. The molecule has 2 aliphatic carbocycles. The topological polar surface area (TPSA) is 279 Å². The lowest BCUT2D eigenvalue weighted by molar-refractivity contribution is -0.158. The molecule has 3 heterocycles. The highest BCUT2D eigenvalue weighted by atomic mass is 19.4. The highest BCUT2D eigenvalue weighted by Gasteiger charge is 2.54. The van der Waals surface area contributed by atoms with E-state index in [0.29, 0.717) is 50.7 Å². The van der Waals surface area contributed by atoms with E-state index in [9.17, 15) is 55.1 Å². The molecule has 586 valence electrons. The summed E-state index contributed by atoms with van der Waals surface area (Å²) in [6.07, 6.45) is -7.48. The van der Waals surface area contributed by atoms with Gasteiger partial charge in [0.2, 0.25) is 70.9 Å². The third-order valence-electron chi connectivity index (χ3n) is 21.6. The number of alkyl halides is 6. The van der Waals surface area contributed by atoms with Crippen molar-refractivity contribution in [2.24, 2.45) is 11.8 Å². The number of benzene rings is 2. The van der Waals surface area contributed by atoms with Crippen LogP contribution in [0.4, 0.5) is 35.1 Å². The zero-order valence-electron chi connectivity index (χ0n) is 62.2. The summed E-state index contributed by atoms with van der Waals surface area (Å²) in [5, 5.41) is 8.16. The first-order valence-electron chi connectivity index (χ1n) is 36.0. The number of nitrogens with one attached hydrogen (secondary N) is 3. The molecule has 25 nitrogen and oxygen atoms in total. The minimum absolute atomic E-state index is 0.0352. The van der Waals surface area contributed by atoms with E-state index in [2.05, 4.69) is 16.0 Å². The molecule has 3 N–H and O–H groups in total. The fourth-order valence-electron chi connectivity index (χ4n) is 14.5. The summed E-state index contributed by atoms with van der Waals surface area (Å²) in [6, 6.07) is -7.34. The van der Waals surface area contributed by atoms with Gasteiger partial charge in [0.1, 0.15) is 71.1 Å². The van der Waals surface area contributed by atoms with Crippen molar-refractivity contribution in [3.63, 3.8) is 0 Å². The van der Waals surface area contributed by atoms with E-state index >= 15 is 37.5 Å². The Morgan fingerprint density at radius 1 is 0.689 bits per heavy atom. The van der Waals surface area contributed by atoms with Crippen molar-refractivity contribution in [3.05, 3.63) is 82.4 Å². The number of fused-ring (bicyclic) bond motifs is 3. The second kappa shape index (κ2) is 35.7. The third kappa shape index (κ3) is 19.7. The Morgan fingerprint density at radius 3 is 1.88 bits per heavy atom. The molecule has 2 bridgehead atoms. The predicted molar refractivity (Wildman–Crippen MR) is 369 cm³/mol. The van der Waals surface area contributed by atoms with Crippen LogP contribution in [0.15, 0.2) is 48.6 Å². The second-order valence-corrected chi connectivity index (χ2v) is 28.7. The maximum atomic E-state index is 15.4. The van der Waals surface area contributed by atoms with Crippen molar-refractivity contribution >= 4 is 70.9 Å². The van der Waals surface area contributed by atoms with E-state index in [4.69, 9.17) is 4.74 Å². The van der Waals surface area contributed by atoms with Gasteiger partial charge in [-0.15, -0.1) is 0 Å². The fraction of sp³-hybridized carbons (Fsp3) is 0.644. The molecule has 0 unspecified atom stereocenters. The Kier molecular flexibility index (Phi) is 28.5. The minimum Gasteiger partial charge on any atom is -0.377 e. The van der Waals surface area contributed by atoms with Gasteiger partial charge in [-0.05, 0) is 126 Å². The van der Waals surface area contributed by atoms with Crippen LogP contribution in [-0.2, 0) is 87.5 Å². The maximum absolute atomic E-state index is 15.4. The largest absolute Gasteiger partial charge is 0.422 e. The molecule has 2 aromatic carbocycles. The number of nitrogens with zero attached hydrogens (tertiary/aromatic N) is 9. The molecule has 2 aromatic rings. The summed E-state index contributed by atoms with van der Waals surface area (Å²) < 4.78 is 120. The molecule has 2 saturated heterocycles. The molecule has 5 aliphatic rings. The van der Waals surface area contributed by atoms with Gasteiger partial charge in [-0.2, -0.15) is 26.3 Å². The number of hydrogen-bond donors (Lipinski definition) is 3. The first-order valence-corrected chi connectivity index (χ1v) is 36.0. The summed E-state index contributed by atoms with van der Waals surface area (Å²) >= 11 is 0. The Balaban J connectivity index is 1.34. The number of halogens is 8. The predicted octanol–water partition coefficient (Wildman–Crippen LogP) is 5.10. The van der Waals surface area contributed by atoms with Crippen LogP contribution in [0.2, 0.25) is 0 Å². The van der Waals surface area contributed by atoms with E-state index in [1.807, 2.05) is 0 Å². The molecule has 1 spiro atoms. The number of aryl methyl sites for hydroxylation is 1. The zero-order valence-corrected chi connectivity index (χ0v) is 62.2. The molecule has 7 rings (SSSR count).